The number of nitrogens with one attached hydrogen (secondary N) is 1. The monoisotopic (exact) mass is 244 g/mol. The molecule has 0 saturated carbocycles. The molecular weight excluding hydrogens is 232 g/mol. The van der Waals surface area contributed by atoms with Crippen molar-refractivity contribution in [3.05, 3.63) is 58.0 Å². The molecule has 6 nitrogen and oxygen atoms in total. The molecule has 0 unspecified atom stereocenters. The number of hydrogen-bond donors (Lipinski definition) is 1. The third-order valence-corrected chi connectivity index (χ3v) is 2.35. The lowest BCUT2D eigenvalue weighted by Gasteiger charge is -2.05. The Balaban J connectivity index is 2.06. The number of aromatic nitrogens is 2. The molecule has 0 saturated heterocycles. The smallest absolute Gasteiger partial charge is 0.269 e. The second kappa shape index (κ2) is 5.22. The van der Waals surface area contributed by atoms with Crippen LogP contribution in [0.15, 0.2) is 36.7 Å². The topological polar surface area (TPSA) is 81.0 Å². The highest BCUT2D eigenvalue weighted by molar-refractivity contribution is 5.38. The predicted octanol–water partition coefficient (Wildman–Crippen LogP) is 2.31. The van der Waals surface area contributed by atoms with Gasteiger partial charge in [0.15, 0.2) is 0 Å². The normalized spacial score (nSPS) is 10.1. The third kappa shape index (κ3) is 3.00. The number of aryl methyl sites for hydroxylation is 1. The van der Waals surface area contributed by atoms with E-state index in [0.717, 1.165) is 11.3 Å². The van der Waals surface area contributed by atoms with Crippen molar-refractivity contribution in [3.8, 4) is 0 Å². The summed E-state index contributed by atoms with van der Waals surface area (Å²) in [6.45, 7) is 2.32. The minimum absolute atomic E-state index is 0.0876. The maximum atomic E-state index is 10.6. The van der Waals surface area contributed by atoms with Crippen LogP contribution in [0.3, 0.4) is 0 Å². The van der Waals surface area contributed by atoms with Crippen LogP contribution in [0, 0.1) is 17.0 Å². The van der Waals surface area contributed by atoms with Crippen molar-refractivity contribution in [2.24, 2.45) is 0 Å². The Morgan fingerprint density at radius 2 is 2.22 bits per heavy atom. The van der Waals surface area contributed by atoms with Gasteiger partial charge in [-0.3, -0.25) is 15.1 Å². The first-order chi connectivity index (χ1) is 8.65. The Morgan fingerprint density at radius 1 is 1.39 bits per heavy atom. The molecule has 92 valence electrons. The lowest BCUT2D eigenvalue weighted by Crippen LogP contribution is -2.03. The molecule has 1 aromatic carbocycles. The predicted molar refractivity (Wildman–Crippen MR) is 67.2 cm³/mol. The van der Waals surface area contributed by atoms with Crippen LogP contribution < -0.4 is 5.32 Å². The van der Waals surface area contributed by atoms with Crippen molar-refractivity contribution in [1.29, 1.82) is 0 Å². The Labute approximate surface area is 104 Å². The van der Waals surface area contributed by atoms with E-state index in [9.17, 15) is 10.1 Å². The first kappa shape index (κ1) is 12.0. The summed E-state index contributed by atoms with van der Waals surface area (Å²) in [6.07, 6.45) is 3.28. The summed E-state index contributed by atoms with van der Waals surface area (Å²) in [5.74, 6) is 0.654. The number of rotatable bonds is 4. The van der Waals surface area contributed by atoms with Crippen molar-refractivity contribution < 1.29 is 4.92 Å². The molecular formula is C12H12N4O2. The number of benzene rings is 1. The molecule has 0 aliphatic carbocycles. The van der Waals surface area contributed by atoms with Gasteiger partial charge in [-0.25, -0.2) is 4.98 Å². The van der Waals surface area contributed by atoms with Crippen LogP contribution in [0.2, 0.25) is 0 Å². The molecule has 0 aliphatic rings. The van der Waals surface area contributed by atoms with Crippen molar-refractivity contribution >= 4 is 11.5 Å². The van der Waals surface area contributed by atoms with E-state index in [1.165, 1.54) is 12.1 Å². The zero-order valence-corrected chi connectivity index (χ0v) is 9.83. The van der Waals surface area contributed by atoms with Crippen LogP contribution in [0.25, 0.3) is 0 Å². The first-order valence-electron chi connectivity index (χ1n) is 5.41. The molecule has 0 amide bonds. The van der Waals surface area contributed by atoms with Crippen molar-refractivity contribution in [3.63, 3.8) is 0 Å². The average molecular weight is 244 g/mol. The van der Waals surface area contributed by atoms with E-state index in [1.54, 1.807) is 18.5 Å². The molecule has 2 aromatic rings. The average Bonchev–Trinajstić information content (AvgIpc) is 2.37. The minimum atomic E-state index is -0.407. The van der Waals surface area contributed by atoms with Gasteiger partial charge in [0.05, 0.1) is 16.8 Å². The van der Waals surface area contributed by atoms with Crippen molar-refractivity contribution in [2.45, 2.75) is 13.5 Å². The molecule has 0 fully saturated rings. The molecule has 6 heteroatoms. The van der Waals surface area contributed by atoms with Crippen LogP contribution in [-0.4, -0.2) is 14.9 Å². The SMILES string of the molecule is Cc1cncc(NCc2cccc([N+](=O)[O-])c2)n1. The highest BCUT2D eigenvalue weighted by Crippen LogP contribution is 2.14. The molecule has 0 aliphatic heterocycles. The first-order valence-corrected chi connectivity index (χ1v) is 5.41. The van der Waals surface area contributed by atoms with Gasteiger partial charge in [-0.1, -0.05) is 12.1 Å². The number of nitrogens with zero attached hydrogens (tertiary/aromatic N) is 3. The minimum Gasteiger partial charge on any atom is -0.365 e. The maximum Gasteiger partial charge on any atom is 0.269 e. The fourth-order valence-corrected chi connectivity index (χ4v) is 1.52. The second-order valence-corrected chi connectivity index (χ2v) is 3.83. The molecule has 0 spiro atoms. The lowest BCUT2D eigenvalue weighted by atomic mass is 10.2. The summed E-state index contributed by atoms with van der Waals surface area (Å²) < 4.78 is 0. The summed E-state index contributed by atoms with van der Waals surface area (Å²) in [5, 5.41) is 13.7. The molecule has 1 aromatic heterocycles. The summed E-state index contributed by atoms with van der Waals surface area (Å²) in [6, 6.07) is 6.49. The lowest BCUT2D eigenvalue weighted by molar-refractivity contribution is -0.384. The van der Waals surface area contributed by atoms with E-state index in [2.05, 4.69) is 15.3 Å². The number of hydrogen-bond acceptors (Lipinski definition) is 5. The number of anilines is 1. The van der Waals surface area contributed by atoms with E-state index in [4.69, 9.17) is 0 Å². The van der Waals surface area contributed by atoms with Crippen molar-refractivity contribution in [2.75, 3.05) is 5.32 Å². The van der Waals surface area contributed by atoms with Gasteiger partial charge in [-0.2, -0.15) is 0 Å². The highest BCUT2D eigenvalue weighted by Gasteiger charge is 2.05. The van der Waals surface area contributed by atoms with Gasteiger partial charge < -0.3 is 5.32 Å². The number of nitro benzene ring substituents is 1. The van der Waals surface area contributed by atoms with E-state index in [0.29, 0.717) is 12.4 Å². The van der Waals surface area contributed by atoms with Gasteiger partial charge in [0.2, 0.25) is 0 Å². The summed E-state index contributed by atoms with van der Waals surface area (Å²) in [5.41, 5.74) is 1.73. The molecule has 1 heterocycles. The van der Waals surface area contributed by atoms with Gasteiger partial charge >= 0.3 is 0 Å². The van der Waals surface area contributed by atoms with Crippen LogP contribution >= 0.6 is 0 Å². The fourth-order valence-electron chi connectivity index (χ4n) is 1.52. The quantitative estimate of drug-likeness (QED) is 0.659. The standard InChI is InChI=1S/C12H12N4O2/c1-9-6-13-8-12(15-9)14-7-10-3-2-4-11(5-10)16(17)18/h2-6,8H,7H2,1H3,(H,14,15). The van der Waals surface area contributed by atoms with Crippen LogP contribution in [-0.2, 0) is 6.54 Å². The van der Waals surface area contributed by atoms with Crippen LogP contribution in [0.5, 0.6) is 0 Å². The summed E-state index contributed by atoms with van der Waals surface area (Å²) in [7, 11) is 0. The molecule has 2 rings (SSSR count). The Bertz CT molecular complexity index is 572. The zero-order valence-electron chi connectivity index (χ0n) is 9.83. The van der Waals surface area contributed by atoms with Crippen molar-refractivity contribution in [1.82, 2.24) is 9.97 Å². The Kier molecular flexibility index (Phi) is 3.47. The fraction of sp³-hybridized carbons (Fsp3) is 0.167. The Hall–Kier alpha value is -2.50. The van der Waals surface area contributed by atoms with E-state index >= 15 is 0 Å². The molecule has 0 atom stereocenters. The van der Waals surface area contributed by atoms with E-state index in [1.807, 2.05) is 13.0 Å². The third-order valence-electron chi connectivity index (χ3n) is 2.35. The molecule has 1 N–H and O–H groups in total. The second-order valence-electron chi connectivity index (χ2n) is 3.83. The zero-order chi connectivity index (χ0) is 13.0. The summed E-state index contributed by atoms with van der Waals surface area (Å²) >= 11 is 0. The van der Waals surface area contributed by atoms with Crippen LogP contribution in [0.4, 0.5) is 11.5 Å². The molecule has 0 bridgehead atoms. The number of non-ortho nitro benzene ring substituents is 1. The highest BCUT2D eigenvalue weighted by atomic mass is 16.6. The Morgan fingerprint density at radius 3 is 2.94 bits per heavy atom. The van der Waals surface area contributed by atoms with Gasteiger partial charge in [0.25, 0.3) is 5.69 Å². The number of nitro groups is 1. The van der Waals surface area contributed by atoms with E-state index in [-0.39, 0.29) is 5.69 Å². The molecule has 0 radical (unpaired) electrons. The maximum absolute atomic E-state index is 10.6. The largest absolute Gasteiger partial charge is 0.365 e. The van der Waals surface area contributed by atoms with Gasteiger partial charge in [-0.05, 0) is 12.5 Å². The van der Waals surface area contributed by atoms with Gasteiger partial charge in [-0.15, -0.1) is 0 Å². The van der Waals surface area contributed by atoms with E-state index < -0.39 is 4.92 Å². The van der Waals surface area contributed by atoms with Gasteiger partial charge in [0.1, 0.15) is 5.82 Å². The summed E-state index contributed by atoms with van der Waals surface area (Å²) in [4.78, 5) is 18.5. The van der Waals surface area contributed by atoms with Crippen LogP contribution in [0.1, 0.15) is 11.3 Å². The van der Waals surface area contributed by atoms with Gasteiger partial charge in [0, 0.05) is 24.9 Å². The molecule has 18 heavy (non-hydrogen) atoms.